The van der Waals surface area contributed by atoms with Gasteiger partial charge in [-0.2, -0.15) is 9.29 Å². The maximum absolute atomic E-state index is 13.9. The van der Waals surface area contributed by atoms with Gasteiger partial charge in [0.25, 0.3) is 0 Å². The zero-order valence-corrected chi connectivity index (χ0v) is 14.0. The molecule has 0 spiro atoms. The Morgan fingerprint density at radius 3 is 2.83 bits per heavy atom. The molecule has 0 N–H and O–H groups in total. The summed E-state index contributed by atoms with van der Waals surface area (Å²) in [4.78, 5) is 7.86. The molecule has 1 unspecified atom stereocenters. The van der Waals surface area contributed by atoms with E-state index >= 15 is 0 Å². The first kappa shape index (κ1) is 16.8. The van der Waals surface area contributed by atoms with Crippen molar-refractivity contribution in [1.29, 1.82) is 0 Å². The first-order chi connectivity index (χ1) is 11.5. The molecule has 0 amide bonds. The molecule has 1 aromatic carbocycles. The molecule has 0 saturated carbocycles. The van der Waals surface area contributed by atoms with Crippen LogP contribution in [-0.4, -0.2) is 41.9 Å². The number of benzene rings is 1. The Morgan fingerprint density at radius 1 is 1.29 bits per heavy atom. The smallest absolute Gasteiger partial charge is 0.246 e. The summed E-state index contributed by atoms with van der Waals surface area (Å²) in [7, 11) is -3.88. The Labute approximate surface area is 140 Å². The van der Waals surface area contributed by atoms with Crippen LogP contribution in [0.15, 0.2) is 41.4 Å². The van der Waals surface area contributed by atoms with E-state index in [4.69, 9.17) is 4.74 Å². The van der Waals surface area contributed by atoms with E-state index in [0.717, 1.165) is 6.07 Å². The number of ether oxygens (including phenoxy) is 1. The third-order valence-electron chi connectivity index (χ3n) is 3.83. The molecular formula is C16H18FN3O3S. The highest BCUT2D eigenvalue weighted by Crippen LogP contribution is 2.24. The second kappa shape index (κ2) is 6.82. The second-order valence-electron chi connectivity index (χ2n) is 5.62. The molecule has 2 aromatic rings. The van der Waals surface area contributed by atoms with Gasteiger partial charge in [0.1, 0.15) is 22.6 Å². The van der Waals surface area contributed by atoms with Gasteiger partial charge in [-0.05, 0) is 31.9 Å². The zero-order valence-electron chi connectivity index (χ0n) is 13.2. The van der Waals surface area contributed by atoms with Crippen LogP contribution in [0.2, 0.25) is 0 Å². The Bertz CT molecular complexity index is 829. The number of halogens is 1. The summed E-state index contributed by atoms with van der Waals surface area (Å²) < 4.78 is 46.3. The quantitative estimate of drug-likeness (QED) is 0.844. The SMILES string of the molecule is Cc1nccc(OC2CCCN(S(=O)(=O)c3ccccc3F)C2)n1. The van der Waals surface area contributed by atoms with Crippen molar-refractivity contribution < 1.29 is 17.5 Å². The van der Waals surface area contributed by atoms with Gasteiger partial charge >= 0.3 is 0 Å². The van der Waals surface area contributed by atoms with Crippen molar-refractivity contribution >= 4 is 10.0 Å². The van der Waals surface area contributed by atoms with E-state index in [1.54, 1.807) is 19.2 Å². The number of nitrogens with zero attached hydrogens (tertiary/aromatic N) is 3. The highest BCUT2D eigenvalue weighted by atomic mass is 32.2. The number of aromatic nitrogens is 2. The molecule has 0 aliphatic carbocycles. The number of rotatable bonds is 4. The Morgan fingerprint density at radius 2 is 2.08 bits per heavy atom. The summed E-state index contributed by atoms with van der Waals surface area (Å²) in [6.45, 7) is 2.27. The minimum absolute atomic E-state index is 0.166. The third kappa shape index (κ3) is 3.54. The molecule has 1 aliphatic rings. The lowest BCUT2D eigenvalue weighted by Crippen LogP contribution is -2.44. The lowest BCUT2D eigenvalue weighted by molar-refractivity contribution is 0.124. The maximum Gasteiger partial charge on any atom is 0.246 e. The predicted octanol–water partition coefficient (Wildman–Crippen LogP) is 2.16. The topological polar surface area (TPSA) is 72.4 Å². The zero-order chi connectivity index (χ0) is 17.2. The molecule has 1 saturated heterocycles. The summed E-state index contributed by atoms with van der Waals surface area (Å²) in [5.41, 5.74) is 0. The minimum Gasteiger partial charge on any atom is -0.473 e. The van der Waals surface area contributed by atoms with Crippen molar-refractivity contribution in [2.24, 2.45) is 0 Å². The second-order valence-corrected chi connectivity index (χ2v) is 7.52. The fourth-order valence-corrected chi connectivity index (χ4v) is 4.26. The monoisotopic (exact) mass is 351 g/mol. The van der Waals surface area contributed by atoms with E-state index in [1.807, 2.05) is 0 Å². The van der Waals surface area contributed by atoms with Crippen molar-refractivity contribution in [2.75, 3.05) is 13.1 Å². The van der Waals surface area contributed by atoms with Crippen molar-refractivity contribution in [3.63, 3.8) is 0 Å². The van der Waals surface area contributed by atoms with Crippen LogP contribution < -0.4 is 4.74 Å². The van der Waals surface area contributed by atoms with E-state index in [-0.39, 0.29) is 17.5 Å². The molecule has 128 valence electrons. The number of hydrogen-bond donors (Lipinski definition) is 0. The Kier molecular flexibility index (Phi) is 4.77. The number of sulfonamides is 1. The first-order valence-electron chi connectivity index (χ1n) is 7.68. The van der Waals surface area contributed by atoms with Crippen molar-refractivity contribution in [3.05, 3.63) is 48.2 Å². The standard InChI is InChI=1S/C16H18FN3O3S/c1-12-18-9-8-16(19-12)23-13-5-4-10-20(11-13)24(21,22)15-7-3-2-6-14(15)17/h2-3,6-9,13H,4-5,10-11H2,1H3. The molecular weight excluding hydrogens is 333 g/mol. The van der Waals surface area contributed by atoms with Crippen LogP contribution in [-0.2, 0) is 10.0 Å². The minimum atomic E-state index is -3.88. The number of piperidine rings is 1. The number of hydrogen-bond acceptors (Lipinski definition) is 5. The van der Waals surface area contributed by atoms with Crippen LogP contribution in [0.25, 0.3) is 0 Å². The van der Waals surface area contributed by atoms with Crippen molar-refractivity contribution in [2.45, 2.75) is 30.8 Å². The third-order valence-corrected chi connectivity index (χ3v) is 5.73. The Hall–Kier alpha value is -2.06. The van der Waals surface area contributed by atoms with Crippen LogP contribution >= 0.6 is 0 Å². The van der Waals surface area contributed by atoms with Crippen LogP contribution in [0.1, 0.15) is 18.7 Å². The highest BCUT2D eigenvalue weighted by molar-refractivity contribution is 7.89. The average Bonchev–Trinajstić information content (AvgIpc) is 2.55. The van der Waals surface area contributed by atoms with Gasteiger partial charge in [0.05, 0.1) is 6.54 Å². The molecule has 1 aromatic heterocycles. The molecule has 1 aliphatic heterocycles. The first-order valence-corrected chi connectivity index (χ1v) is 9.12. The molecule has 0 bridgehead atoms. The molecule has 2 heterocycles. The van der Waals surface area contributed by atoms with Gasteiger partial charge in [-0.1, -0.05) is 12.1 Å². The van der Waals surface area contributed by atoms with Gasteiger partial charge < -0.3 is 4.74 Å². The van der Waals surface area contributed by atoms with Crippen LogP contribution in [0.4, 0.5) is 4.39 Å². The van der Waals surface area contributed by atoms with Crippen molar-refractivity contribution in [3.8, 4) is 5.88 Å². The maximum atomic E-state index is 13.9. The van der Waals surface area contributed by atoms with Crippen LogP contribution in [0.5, 0.6) is 5.88 Å². The fourth-order valence-electron chi connectivity index (χ4n) is 2.68. The van der Waals surface area contributed by atoms with E-state index in [1.165, 1.54) is 22.5 Å². The largest absolute Gasteiger partial charge is 0.473 e. The van der Waals surface area contributed by atoms with Crippen molar-refractivity contribution in [1.82, 2.24) is 14.3 Å². The van der Waals surface area contributed by atoms with Crippen LogP contribution in [0.3, 0.4) is 0 Å². The molecule has 0 radical (unpaired) electrons. The molecule has 6 nitrogen and oxygen atoms in total. The van der Waals surface area contributed by atoms with Gasteiger partial charge in [-0.15, -0.1) is 0 Å². The summed E-state index contributed by atoms with van der Waals surface area (Å²) in [5.74, 6) is 0.253. The van der Waals surface area contributed by atoms with Gasteiger partial charge in [-0.25, -0.2) is 17.8 Å². The molecule has 8 heteroatoms. The van der Waals surface area contributed by atoms with E-state index in [9.17, 15) is 12.8 Å². The Balaban J connectivity index is 1.77. The predicted molar refractivity (Wildman–Crippen MR) is 85.6 cm³/mol. The lowest BCUT2D eigenvalue weighted by atomic mass is 10.1. The summed E-state index contributed by atoms with van der Waals surface area (Å²) >= 11 is 0. The average molecular weight is 351 g/mol. The van der Waals surface area contributed by atoms with E-state index in [2.05, 4.69) is 9.97 Å². The highest BCUT2D eigenvalue weighted by Gasteiger charge is 2.32. The molecule has 24 heavy (non-hydrogen) atoms. The summed E-state index contributed by atoms with van der Waals surface area (Å²) in [6, 6.07) is 7.04. The fraction of sp³-hybridized carbons (Fsp3) is 0.375. The van der Waals surface area contributed by atoms with Gasteiger partial charge in [0.2, 0.25) is 15.9 Å². The van der Waals surface area contributed by atoms with Crippen LogP contribution in [0, 0.1) is 12.7 Å². The van der Waals surface area contributed by atoms with E-state index < -0.39 is 15.8 Å². The lowest BCUT2D eigenvalue weighted by Gasteiger charge is -2.31. The molecule has 3 rings (SSSR count). The number of aryl methyl sites for hydroxylation is 1. The molecule has 1 fully saturated rings. The van der Waals surface area contributed by atoms with Gasteiger partial charge in [-0.3, -0.25) is 0 Å². The van der Waals surface area contributed by atoms with Gasteiger partial charge in [0, 0.05) is 18.8 Å². The normalized spacial score (nSPS) is 19.2. The summed E-state index contributed by atoms with van der Waals surface area (Å²) in [6.07, 6.45) is 2.62. The summed E-state index contributed by atoms with van der Waals surface area (Å²) in [5, 5.41) is 0. The van der Waals surface area contributed by atoms with Gasteiger partial charge in [0.15, 0.2) is 0 Å². The van der Waals surface area contributed by atoms with E-state index in [0.29, 0.717) is 31.1 Å². The molecule has 1 atom stereocenters.